The van der Waals surface area contributed by atoms with Crippen LogP contribution in [0, 0.1) is 11.8 Å². The number of carboxylic acid groups (broad SMARTS) is 1. The van der Waals surface area contributed by atoms with Crippen molar-refractivity contribution in [3.63, 3.8) is 0 Å². The molecular formula is C20H27N3O4. The summed E-state index contributed by atoms with van der Waals surface area (Å²) < 4.78 is 5.40. The Hall–Kier alpha value is -2.44. The third-order valence-electron chi connectivity index (χ3n) is 4.89. The van der Waals surface area contributed by atoms with Gasteiger partial charge in [0.05, 0.1) is 22.6 Å². The molecule has 7 heteroatoms. The van der Waals surface area contributed by atoms with Crippen LogP contribution in [0.25, 0.3) is 11.1 Å². The Morgan fingerprint density at radius 2 is 2.00 bits per heavy atom. The maximum absolute atomic E-state index is 12.9. The minimum absolute atomic E-state index is 0.0825. The fraction of sp³-hybridized carbons (Fsp3) is 0.600. The molecule has 0 saturated heterocycles. The molecule has 1 aliphatic rings. The van der Waals surface area contributed by atoms with Gasteiger partial charge in [-0.25, -0.2) is 4.98 Å². The highest BCUT2D eigenvalue weighted by molar-refractivity contribution is 6.06. The second-order valence-electron chi connectivity index (χ2n) is 8.15. The van der Waals surface area contributed by atoms with Gasteiger partial charge in [0, 0.05) is 18.2 Å². The SMILES string of the molecule is CC(C)CC(CNC(=O)c1cc(C2CC2)nc2onc(C(C)C)c12)C(=O)O. The molecule has 1 atom stereocenters. The van der Waals surface area contributed by atoms with Gasteiger partial charge in [-0.05, 0) is 37.2 Å². The van der Waals surface area contributed by atoms with Crippen LogP contribution in [-0.4, -0.2) is 33.7 Å². The normalized spacial score (nSPS) is 15.5. The van der Waals surface area contributed by atoms with Crippen molar-refractivity contribution in [1.82, 2.24) is 15.5 Å². The van der Waals surface area contributed by atoms with E-state index in [2.05, 4.69) is 15.5 Å². The highest BCUT2D eigenvalue weighted by Crippen LogP contribution is 2.41. The summed E-state index contributed by atoms with van der Waals surface area (Å²) in [7, 11) is 0. The van der Waals surface area contributed by atoms with Crippen molar-refractivity contribution in [2.45, 2.75) is 58.8 Å². The molecule has 0 radical (unpaired) electrons. The Morgan fingerprint density at radius 3 is 2.56 bits per heavy atom. The number of hydrogen-bond donors (Lipinski definition) is 2. The number of nitrogens with one attached hydrogen (secondary N) is 1. The number of pyridine rings is 1. The summed E-state index contributed by atoms with van der Waals surface area (Å²) in [4.78, 5) is 28.9. The lowest BCUT2D eigenvalue weighted by molar-refractivity contribution is -0.142. The number of amides is 1. The average Bonchev–Trinajstić information content (AvgIpc) is 3.35. The Bertz CT molecular complexity index is 852. The van der Waals surface area contributed by atoms with Crippen LogP contribution in [0.3, 0.4) is 0 Å². The zero-order valence-corrected chi connectivity index (χ0v) is 16.3. The van der Waals surface area contributed by atoms with Gasteiger partial charge in [0.1, 0.15) is 0 Å². The molecule has 2 aromatic heterocycles. The van der Waals surface area contributed by atoms with Crippen molar-refractivity contribution >= 4 is 23.0 Å². The number of aliphatic carboxylic acids is 1. The van der Waals surface area contributed by atoms with E-state index in [4.69, 9.17) is 4.52 Å². The third kappa shape index (κ3) is 4.28. The van der Waals surface area contributed by atoms with Gasteiger partial charge in [0.2, 0.25) is 0 Å². The molecule has 1 saturated carbocycles. The Labute approximate surface area is 158 Å². The molecule has 1 fully saturated rings. The molecule has 0 bridgehead atoms. The molecule has 2 N–H and O–H groups in total. The van der Waals surface area contributed by atoms with Crippen molar-refractivity contribution in [3.8, 4) is 0 Å². The van der Waals surface area contributed by atoms with Crippen LogP contribution >= 0.6 is 0 Å². The lowest BCUT2D eigenvalue weighted by Crippen LogP contribution is -2.34. The second kappa shape index (κ2) is 7.66. The zero-order valence-electron chi connectivity index (χ0n) is 16.3. The monoisotopic (exact) mass is 373 g/mol. The number of carbonyl (C=O) groups is 2. The second-order valence-corrected chi connectivity index (χ2v) is 8.15. The number of aromatic nitrogens is 2. The molecule has 1 unspecified atom stereocenters. The Kier molecular flexibility index (Phi) is 5.48. The summed E-state index contributed by atoms with van der Waals surface area (Å²) in [5.41, 5.74) is 2.39. The van der Waals surface area contributed by atoms with E-state index in [1.165, 1.54) is 0 Å². The predicted octanol–water partition coefficient (Wildman–Crippen LogP) is 3.70. The maximum Gasteiger partial charge on any atom is 0.308 e. The maximum atomic E-state index is 12.9. The number of rotatable bonds is 8. The first-order valence-corrected chi connectivity index (χ1v) is 9.59. The lowest BCUT2D eigenvalue weighted by Gasteiger charge is -2.16. The first-order chi connectivity index (χ1) is 12.8. The van der Waals surface area contributed by atoms with Crippen LogP contribution in [0.2, 0.25) is 0 Å². The van der Waals surface area contributed by atoms with Crippen LogP contribution in [0.5, 0.6) is 0 Å². The molecule has 27 heavy (non-hydrogen) atoms. The number of carbonyl (C=O) groups excluding carboxylic acids is 1. The lowest BCUT2D eigenvalue weighted by atomic mass is 9.97. The Morgan fingerprint density at radius 1 is 1.30 bits per heavy atom. The third-order valence-corrected chi connectivity index (χ3v) is 4.89. The summed E-state index contributed by atoms with van der Waals surface area (Å²) in [6.07, 6.45) is 2.62. The quantitative estimate of drug-likeness (QED) is 0.731. The molecule has 1 amide bonds. The summed E-state index contributed by atoms with van der Waals surface area (Å²) in [5.74, 6) is -1.12. The molecule has 2 heterocycles. The van der Waals surface area contributed by atoms with E-state index < -0.39 is 11.9 Å². The van der Waals surface area contributed by atoms with Gasteiger partial charge in [-0.2, -0.15) is 0 Å². The molecule has 7 nitrogen and oxygen atoms in total. The molecule has 0 spiro atoms. The van der Waals surface area contributed by atoms with Gasteiger partial charge in [-0.1, -0.05) is 32.9 Å². The minimum atomic E-state index is -0.893. The zero-order chi connectivity index (χ0) is 19.7. The van der Waals surface area contributed by atoms with Crippen LogP contribution < -0.4 is 5.32 Å². The summed E-state index contributed by atoms with van der Waals surface area (Å²) in [6.45, 7) is 8.00. The van der Waals surface area contributed by atoms with Gasteiger partial charge < -0.3 is 14.9 Å². The average molecular weight is 373 g/mol. The van der Waals surface area contributed by atoms with Crippen molar-refractivity contribution in [2.75, 3.05) is 6.54 Å². The topological polar surface area (TPSA) is 105 Å². The standard InChI is InChI=1S/C20H27N3O4/c1-10(2)7-13(20(25)26)9-21-18(24)14-8-15(12-5-6-12)22-19-16(14)17(11(3)4)23-27-19/h8,10-13H,5-7,9H2,1-4H3,(H,21,24)(H,25,26). The largest absolute Gasteiger partial charge is 0.481 e. The predicted molar refractivity (Wildman–Crippen MR) is 101 cm³/mol. The smallest absolute Gasteiger partial charge is 0.308 e. The van der Waals surface area contributed by atoms with E-state index in [-0.39, 0.29) is 24.3 Å². The highest BCUT2D eigenvalue weighted by Gasteiger charge is 2.30. The Balaban J connectivity index is 1.90. The molecular weight excluding hydrogens is 346 g/mol. The van der Waals surface area contributed by atoms with E-state index in [1.807, 2.05) is 33.8 Å². The van der Waals surface area contributed by atoms with Crippen LogP contribution in [0.4, 0.5) is 0 Å². The van der Waals surface area contributed by atoms with E-state index >= 15 is 0 Å². The van der Waals surface area contributed by atoms with E-state index in [1.54, 1.807) is 0 Å². The van der Waals surface area contributed by atoms with Gasteiger partial charge in [0.25, 0.3) is 11.6 Å². The van der Waals surface area contributed by atoms with Crippen molar-refractivity contribution < 1.29 is 19.2 Å². The summed E-state index contributed by atoms with van der Waals surface area (Å²) >= 11 is 0. The fourth-order valence-electron chi connectivity index (χ4n) is 3.31. The molecule has 3 rings (SSSR count). The molecule has 0 aromatic carbocycles. The number of hydrogen-bond acceptors (Lipinski definition) is 5. The van der Waals surface area contributed by atoms with Crippen LogP contribution in [-0.2, 0) is 4.79 Å². The summed E-state index contributed by atoms with van der Waals surface area (Å²) in [6, 6.07) is 1.82. The molecule has 1 aliphatic carbocycles. The first kappa shape index (κ1) is 19.3. The van der Waals surface area contributed by atoms with Gasteiger partial charge >= 0.3 is 5.97 Å². The van der Waals surface area contributed by atoms with Crippen molar-refractivity contribution in [1.29, 1.82) is 0 Å². The fourth-order valence-corrected chi connectivity index (χ4v) is 3.31. The van der Waals surface area contributed by atoms with Gasteiger partial charge in [0.15, 0.2) is 0 Å². The minimum Gasteiger partial charge on any atom is -0.481 e. The van der Waals surface area contributed by atoms with Gasteiger partial charge in [-0.3, -0.25) is 9.59 Å². The molecule has 146 valence electrons. The number of fused-ring (bicyclic) bond motifs is 1. The van der Waals surface area contributed by atoms with Crippen molar-refractivity contribution in [2.24, 2.45) is 11.8 Å². The van der Waals surface area contributed by atoms with Gasteiger partial charge in [-0.15, -0.1) is 0 Å². The number of carboxylic acids is 1. The molecule has 2 aromatic rings. The van der Waals surface area contributed by atoms with E-state index in [9.17, 15) is 14.7 Å². The number of nitrogens with zero attached hydrogens (tertiary/aromatic N) is 2. The highest BCUT2D eigenvalue weighted by atomic mass is 16.5. The van der Waals surface area contributed by atoms with Crippen molar-refractivity contribution in [3.05, 3.63) is 23.0 Å². The summed E-state index contributed by atoms with van der Waals surface area (Å²) in [5, 5.41) is 16.9. The van der Waals surface area contributed by atoms with Crippen LogP contribution in [0.1, 0.15) is 80.5 Å². The van der Waals surface area contributed by atoms with Crippen LogP contribution in [0.15, 0.2) is 10.6 Å². The van der Waals surface area contributed by atoms with E-state index in [0.717, 1.165) is 18.5 Å². The van der Waals surface area contributed by atoms with E-state index in [0.29, 0.717) is 34.7 Å². The molecule has 0 aliphatic heterocycles. The first-order valence-electron chi connectivity index (χ1n) is 9.59.